The maximum absolute atomic E-state index is 11.5. The Balaban J connectivity index is 1.53. The predicted octanol–water partition coefficient (Wildman–Crippen LogP) is 3.14. The van der Waals surface area contributed by atoms with E-state index in [-0.39, 0.29) is 12.1 Å². The van der Waals surface area contributed by atoms with E-state index >= 15 is 0 Å². The van der Waals surface area contributed by atoms with Crippen LogP contribution in [0.1, 0.15) is 22.3 Å². The first-order chi connectivity index (χ1) is 12.5. The van der Waals surface area contributed by atoms with Crippen molar-refractivity contribution in [1.82, 2.24) is 4.90 Å². The lowest BCUT2D eigenvalue weighted by atomic mass is 10.0. The number of benzene rings is 2. The van der Waals surface area contributed by atoms with Gasteiger partial charge in [-0.3, -0.25) is 4.90 Å². The van der Waals surface area contributed by atoms with Crippen molar-refractivity contribution in [3.05, 3.63) is 64.7 Å². The van der Waals surface area contributed by atoms with Gasteiger partial charge in [-0.2, -0.15) is 0 Å². The van der Waals surface area contributed by atoms with Crippen LogP contribution in [-0.2, 0) is 11.3 Å². The second-order valence-corrected chi connectivity index (χ2v) is 6.83. The van der Waals surface area contributed by atoms with Crippen LogP contribution in [-0.4, -0.2) is 48.4 Å². The van der Waals surface area contributed by atoms with Crippen LogP contribution in [0.2, 0.25) is 5.02 Å². The highest BCUT2D eigenvalue weighted by atomic mass is 35.5. The van der Waals surface area contributed by atoms with E-state index < -0.39 is 6.10 Å². The summed E-state index contributed by atoms with van der Waals surface area (Å²) in [5.41, 5.74) is 1.62. The second kappa shape index (κ2) is 8.54. The van der Waals surface area contributed by atoms with Gasteiger partial charge in [-0.15, -0.1) is 0 Å². The number of esters is 1. The van der Waals surface area contributed by atoms with Crippen molar-refractivity contribution in [2.75, 3.05) is 20.2 Å². The molecule has 0 bridgehead atoms. The van der Waals surface area contributed by atoms with E-state index in [2.05, 4.69) is 4.90 Å². The fourth-order valence-corrected chi connectivity index (χ4v) is 3.19. The molecule has 1 aliphatic rings. The number of carbonyl (C=O) groups excluding carboxylic acids is 1. The molecule has 138 valence electrons. The third-order valence-electron chi connectivity index (χ3n) is 4.49. The standard InChI is InChI=1S/C20H22ClNO4/c1-25-20(24)15-4-2-14(3-5-15)12-22-11-10-19(18(23)13-22)26-17-8-6-16(21)7-9-17/h2-9,18-19,23H,10-13H2,1H3/t18-,19-/m1/s1. The number of ether oxygens (including phenoxy) is 2. The topological polar surface area (TPSA) is 59.0 Å². The van der Waals surface area contributed by atoms with Gasteiger partial charge >= 0.3 is 5.97 Å². The quantitative estimate of drug-likeness (QED) is 0.813. The number of likely N-dealkylation sites (tertiary alicyclic amines) is 1. The number of rotatable bonds is 5. The highest BCUT2D eigenvalue weighted by Crippen LogP contribution is 2.22. The first-order valence-corrected chi connectivity index (χ1v) is 8.93. The Morgan fingerprint density at radius 2 is 1.88 bits per heavy atom. The molecular weight excluding hydrogens is 354 g/mol. The summed E-state index contributed by atoms with van der Waals surface area (Å²) in [4.78, 5) is 13.7. The van der Waals surface area contributed by atoms with E-state index in [1.54, 1.807) is 24.3 Å². The van der Waals surface area contributed by atoms with Gasteiger partial charge in [0.2, 0.25) is 0 Å². The summed E-state index contributed by atoms with van der Waals surface area (Å²) in [6.45, 7) is 2.08. The van der Waals surface area contributed by atoms with Gasteiger partial charge in [-0.1, -0.05) is 23.7 Å². The second-order valence-electron chi connectivity index (χ2n) is 6.39. The Morgan fingerprint density at radius 1 is 1.19 bits per heavy atom. The molecule has 1 heterocycles. The molecule has 0 amide bonds. The first kappa shape index (κ1) is 18.7. The molecule has 0 spiro atoms. The smallest absolute Gasteiger partial charge is 0.337 e. The number of piperidine rings is 1. The molecule has 0 aromatic heterocycles. The fourth-order valence-electron chi connectivity index (χ4n) is 3.07. The van der Waals surface area contributed by atoms with Crippen LogP contribution >= 0.6 is 11.6 Å². The normalized spacial score (nSPS) is 20.6. The third kappa shape index (κ3) is 4.75. The van der Waals surface area contributed by atoms with Gasteiger partial charge in [0.1, 0.15) is 18.0 Å². The molecule has 0 radical (unpaired) electrons. The number of carbonyl (C=O) groups is 1. The predicted molar refractivity (Wildman–Crippen MR) is 99.6 cm³/mol. The van der Waals surface area contributed by atoms with Gasteiger partial charge in [0, 0.05) is 24.7 Å². The lowest BCUT2D eigenvalue weighted by Crippen LogP contribution is -2.48. The van der Waals surface area contributed by atoms with E-state index in [4.69, 9.17) is 21.1 Å². The number of aliphatic hydroxyl groups excluding tert-OH is 1. The summed E-state index contributed by atoms with van der Waals surface area (Å²) in [6.07, 6.45) is -0.0489. The van der Waals surface area contributed by atoms with Crippen LogP contribution in [0.5, 0.6) is 5.75 Å². The number of aliphatic hydroxyl groups is 1. The van der Waals surface area contributed by atoms with E-state index in [0.717, 1.165) is 18.5 Å². The molecule has 0 aliphatic carbocycles. The van der Waals surface area contributed by atoms with Crippen molar-refractivity contribution in [2.45, 2.75) is 25.2 Å². The average molecular weight is 376 g/mol. The Hall–Kier alpha value is -2.08. The van der Waals surface area contributed by atoms with E-state index in [1.807, 2.05) is 24.3 Å². The van der Waals surface area contributed by atoms with Gasteiger partial charge in [-0.05, 0) is 48.4 Å². The monoisotopic (exact) mass is 375 g/mol. The van der Waals surface area contributed by atoms with Crippen LogP contribution in [0.25, 0.3) is 0 Å². The Kier molecular flexibility index (Phi) is 6.14. The number of methoxy groups -OCH3 is 1. The molecule has 1 N–H and O–H groups in total. The van der Waals surface area contributed by atoms with E-state index in [0.29, 0.717) is 29.4 Å². The lowest BCUT2D eigenvalue weighted by molar-refractivity contribution is -0.0274. The SMILES string of the molecule is COC(=O)c1ccc(CN2CC[C@@H](Oc3ccc(Cl)cc3)[C@H](O)C2)cc1. The van der Waals surface area contributed by atoms with Crippen molar-refractivity contribution in [1.29, 1.82) is 0 Å². The molecule has 6 heteroatoms. The molecule has 1 aliphatic heterocycles. The van der Waals surface area contributed by atoms with E-state index in [9.17, 15) is 9.90 Å². The van der Waals surface area contributed by atoms with Gasteiger partial charge in [0.15, 0.2) is 0 Å². The first-order valence-electron chi connectivity index (χ1n) is 8.55. The molecule has 0 saturated carbocycles. The zero-order valence-corrected chi connectivity index (χ0v) is 15.4. The van der Waals surface area contributed by atoms with Crippen molar-refractivity contribution in [3.63, 3.8) is 0 Å². The number of nitrogens with zero attached hydrogens (tertiary/aromatic N) is 1. The minimum Gasteiger partial charge on any atom is -0.488 e. The number of hydrogen-bond acceptors (Lipinski definition) is 5. The van der Waals surface area contributed by atoms with E-state index in [1.165, 1.54) is 7.11 Å². The maximum Gasteiger partial charge on any atom is 0.337 e. The van der Waals surface area contributed by atoms with Crippen LogP contribution in [0.3, 0.4) is 0 Å². The van der Waals surface area contributed by atoms with Gasteiger partial charge in [-0.25, -0.2) is 4.79 Å². The van der Waals surface area contributed by atoms with Crippen molar-refractivity contribution < 1.29 is 19.4 Å². The van der Waals surface area contributed by atoms with Crippen LogP contribution in [0.4, 0.5) is 0 Å². The average Bonchev–Trinajstić information content (AvgIpc) is 2.65. The maximum atomic E-state index is 11.5. The summed E-state index contributed by atoms with van der Waals surface area (Å²) in [5.74, 6) is 0.373. The van der Waals surface area contributed by atoms with Crippen LogP contribution < -0.4 is 4.74 Å². The molecule has 0 unspecified atom stereocenters. The van der Waals surface area contributed by atoms with Crippen LogP contribution in [0.15, 0.2) is 48.5 Å². The molecule has 3 rings (SSSR count). The molecule has 1 fully saturated rings. The van der Waals surface area contributed by atoms with Crippen molar-refractivity contribution in [2.24, 2.45) is 0 Å². The van der Waals surface area contributed by atoms with Gasteiger partial charge in [0.05, 0.1) is 12.7 Å². The lowest BCUT2D eigenvalue weighted by Gasteiger charge is -2.36. The molecule has 2 aromatic carbocycles. The largest absolute Gasteiger partial charge is 0.488 e. The summed E-state index contributed by atoms with van der Waals surface area (Å²) in [6, 6.07) is 14.5. The third-order valence-corrected chi connectivity index (χ3v) is 4.74. The zero-order chi connectivity index (χ0) is 18.5. The Bertz CT molecular complexity index is 732. The Morgan fingerprint density at radius 3 is 2.50 bits per heavy atom. The number of β-amino-alcohol motifs (C(OH)–C–C–N with tert-alkyl or cyclic N) is 1. The van der Waals surface area contributed by atoms with Crippen LogP contribution in [0, 0.1) is 0 Å². The highest BCUT2D eigenvalue weighted by molar-refractivity contribution is 6.30. The molecule has 26 heavy (non-hydrogen) atoms. The molecule has 1 saturated heterocycles. The van der Waals surface area contributed by atoms with Gasteiger partial charge in [0.25, 0.3) is 0 Å². The number of halogens is 1. The van der Waals surface area contributed by atoms with Gasteiger partial charge < -0.3 is 14.6 Å². The molecule has 2 aromatic rings. The summed E-state index contributed by atoms with van der Waals surface area (Å²) in [5, 5.41) is 11.1. The molecule has 2 atom stereocenters. The minimum atomic E-state index is -0.561. The molecule has 5 nitrogen and oxygen atoms in total. The summed E-state index contributed by atoms with van der Waals surface area (Å²) < 4.78 is 10.6. The van der Waals surface area contributed by atoms with Crippen molar-refractivity contribution in [3.8, 4) is 5.75 Å². The zero-order valence-electron chi connectivity index (χ0n) is 14.6. The Labute approximate surface area is 158 Å². The minimum absolute atomic E-state index is 0.228. The summed E-state index contributed by atoms with van der Waals surface area (Å²) >= 11 is 5.88. The number of hydrogen-bond donors (Lipinski definition) is 1. The summed E-state index contributed by atoms with van der Waals surface area (Å²) in [7, 11) is 1.37. The highest BCUT2D eigenvalue weighted by Gasteiger charge is 2.29. The molecular formula is C20H22ClNO4. The van der Waals surface area contributed by atoms with Crippen molar-refractivity contribution >= 4 is 17.6 Å². The fraction of sp³-hybridized carbons (Fsp3) is 0.350.